The number of carbonyl (C=O) groups excluding carboxylic acids is 1. The summed E-state index contributed by atoms with van der Waals surface area (Å²) in [7, 11) is 1.42. The van der Waals surface area contributed by atoms with Gasteiger partial charge < -0.3 is 19.5 Å². The first-order valence-electron chi connectivity index (χ1n) is 10.4. The minimum atomic E-state index is -0.209. The van der Waals surface area contributed by atoms with Gasteiger partial charge in [-0.05, 0) is 67.5 Å². The molecule has 0 unspecified atom stereocenters. The first kappa shape index (κ1) is 21.1. The largest absolute Gasteiger partial charge is 0.469 e. The summed E-state index contributed by atoms with van der Waals surface area (Å²) < 4.78 is 7.00. The van der Waals surface area contributed by atoms with E-state index in [-0.39, 0.29) is 18.1 Å². The molecule has 31 heavy (non-hydrogen) atoms. The van der Waals surface area contributed by atoms with Gasteiger partial charge in [-0.1, -0.05) is 18.2 Å². The second-order valence-electron chi connectivity index (χ2n) is 7.64. The summed E-state index contributed by atoms with van der Waals surface area (Å²) >= 11 is 5.72. The Labute approximate surface area is 187 Å². The van der Waals surface area contributed by atoms with Gasteiger partial charge in [0.25, 0.3) is 0 Å². The fourth-order valence-electron chi connectivity index (χ4n) is 4.11. The van der Waals surface area contributed by atoms with E-state index in [1.54, 1.807) is 6.20 Å². The van der Waals surface area contributed by atoms with Gasteiger partial charge in [-0.2, -0.15) is 0 Å². The third kappa shape index (κ3) is 4.46. The molecule has 0 aliphatic carbocycles. The first-order valence-corrected chi connectivity index (χ1v) is 10.8. The molecule has 7 heteroatoms. The highest BCUT2D eigenvalue weighted by atomic mass is 32.1. The number of aromatic nitrogens is 2. The number of carbonyl (C=O) groups is 1. The topological polar surface area (TPSA) is 59.4 Å². The van der Waals surface area contributed by atoms with Gasteiger partial charge in [0.15, 0.2) is 5.11 Å². The van der Waals surface area contributed by atoms with Gasteiger partial charge in [0.1, 0.15) is 0 Å². The van der Waals surface area contributed by atoms with Crippen molar-refractivity contribution in [2.24, 2.45) is 0 Å². The number of rotatable bonds is 7. The van der Waals surface area contributed by atoms with Crippen LogP contribution in [0.25, 0.3) is 5.69 Å². The number of esters is 1. The number of benzene rings is 1. The van der Waals surface area contributed by atoms with Crippen molar-refractivity contribution in [2.75, 3.05) is 13.7 Å². The molecule has 1 N–H and O–H groups in total. The number of nitrogens with one attached hydrogen (secondary N) is 1. The van der Waals surface area contributed by atoms with Crippen LogP contribution in [-0.2, 0) is 9.53 Å². The number of nitrogens with zero attached hydrogens (tertiary/aromatic N) is 3. The maximum Gasteiger partial charge on any atom is 0.305 e. The van der Waals surface area contributed by atoms with Crippen LogP contribution in [0.1, 0.15) is 41.9 Å². The van der Waals surface area contributed by atoms with Crippen molar-refractivity contribution in [3.63, 3.8) is 0 Å². The second kappa shape index (κ2) is 9.31. The van der Waals surface area contributed by atoms with Gasteiger partial charge >= 0.3 is 5.97 Å². The van der Waals surface area contributed by atoms with Crippen LogP contribution in [0.2, 0.25) is 0 Å². The second-order valence-corrected chi connectivity index (χ2v) is 8.03. The Morgan fingerprint density at radius 2 is 2.06 bits per heavy atom. The molecule has 2 aromatic heterocycles. The van der Waals surface area contributed by atoms with Gasteiger partial charge in [0.2, 0.25) is 0 Å². The third-order valence-corrected chi connectivity index (χ3v) is 5.92. The van der Waals surface area contributed by atoms with Gasteiger partial charge in [-0.3, -0.25) is 9.78 Å². The van der Waals surface area contributed by atoms with Crippen LogP contribution in [-0.4, -0.2) is 39.2 Å². The smallest absolute Gasteiger partial charge is 0.305 e. The molecule has 6 nitrogen and oxygen atoms in total. The molecule has 1 aliphatic heterocycles. The molecular weight excluding hydrogens is 408 g/mol. The number of hydrogen-bond acceptors (Lipinski definition) is 4. The van der Waals surface area contributed by atoms with E-state index in [0.29, 0.717) is 24.5 Å². The highest BCUT2D eigenvalue weighted by Crippen LogP contribution is 2.39. The van der Waals surface area contributed by atoms with Crippen LogP contribution in [0.15, 0.2) is 67.0 Å². The van der Waals surface area contributed by atoms with Gasteiger partial charge in [0, 0.05) is 36.7 Å². The lowest BCUT2D eigenvalue weighted by molar-refractivity contribution is -0.140. The summed E-state index contributed by atoms with van der Waals surface area (Å²) in [6, 6.07) is 18.4. The molecule has 4 rings (SSSR count). The molecule has 1 fully saturated rings. The summed E-state index contributed by atoms with van der Waals surface area (Å²) in [5.74, 6) is -0.209. The molecule has 1 saturated heterocycles. The average molecular weight is 435 g/mol. The number of methoxy groups -OCH3 is 1. The quantitative estimate of drug-likeness (QED) is 0.446. The Balaban J connectivity index is 1.72. The number of pyridine rings is 1. The van der Waals surface area contributed by atoms with E-state index in [0.717, 1.165) is 17.1 Å². The third-order valence-electron chi connectivity index (χ3n) is 5.57. The van der Waals surface area contributed by atoms with E-state index < -0.39 is 0 Å². The van der Waals surface area contributed by atoms with Crippen molar-refractivity contribution in [3.8, 4) is 5.69 Å². The summed E-state index contributed by atoms with van der Waals surface area (Å²) in [6.07, 6.45) is 4.89. The fourth-order valence-corrected chi connectivity index (χ4v) is 4.44. The summed E-state index contributed by atoms with van der Waals surface area (Å²) in [6.45, 7) is 2.74. The maximum absolute atomic E-state index is 11.6. The summed E-state index contributed by atoms with van der Waals surface area (Å²) in [4.78, 5) is 18.4. The van der Waals surface area contributed by atoms with E-state index in [2.05, 4.69) is 69.3 Å². The molecule has 3 heterocycles. The monoisotopic (exact) mass is 434 g/mol. The normalized spacial score (nSPS) is 18.1. The predicted molar refractivity (Wildman–Crippen MR) is 124 cm³/mol. The van der Waals surface area contributed by atoms with E-state index in [9.17, 15) is 4.79 Å². The van der Waals surface area contributed by atoms with Gasteiger partial charge in [-0.15, -0.1) is 0 Å². The highest BCUT2D eigenvalue weighted by molar-refractivity contribution is 7.80. The zero-order valence-electron chi connectivity index (χ0n) is 17.7. The van der Waals surface area contributed by atoms with E-state index in [1.165, 1.54) is 12.7 Å². The van der Waals surface area contributed by atoms with Crippen molar-refractivity contribution in [2.45, 2.75) is 31.8 Å². The molecule has 0 saturated carbocycles. The summed E-state index contributed by atoms with van der Waals surface area (Å²) in [5.41, 5.74) is 4.36. The lowest BCUT2D eigenvalue weighted by atomic mass is 10.0. The number of thiocarbonyl (C=S) groups is 1. The van der Waals surface area contributed by atoms with Crippen molar-refractivity contribution in [3.05, 3.63) is 83.9 Å². The Kier molecular flexibility index (Phi) is 6.32. The zero-order chi connectivity index (χ0) is 21.8. The van der Waals surface area contributed by atoms with E-state index >= 15 is 0 Å². The van der Waals surface area contributed by atoms with Crippen molar-refractivity contribution in [1.82, 2.24) is 19.8 Å². The minimum Gasteiger partial charge on any atom is -0.469 e. The fraction of sp³-hybridized carbons (Fsp3) is 0.292. The molecule has 0 amide bonds. The van der Waals surface area contributed by atoms with Crippen LogP contribution in [0.3, 0.4) is 0 Å². The Hall–Kier alpha value is -3.19. The molecule has 1 aliphatic rings. The zero-order valence-corrected chi connectivity index (χ0v) is 18.5. The van der Waals surface area contributed by atoms with Crippen LogP contribution in [0, 0.1) is 6.92 Å². The number of aryl methyl sites for hydroxylation is 1. The van der Waals surface area contributed by atoms with E-state index in [1.807, 2.05) is 18.2 Å². The van der Waals surface area contributed by atoms with Gasteiger partial charge in [-0.25, -0.2) is 0 Å². The highest BCUT2D eigenvalue weighted by Gasteiger charge is 2.41. The molecule has 3 aromatic rings. The Bertz CT molecular complexity index is 1070. The van der Waals surface area contributed by atoms with Crippen LogP contribution >= 0.6 is 12.2 Å². The number of ether oxygens (including phenoxy) is 1. The molecule has 0 spiro atoms. The van der Waals surface area contributed by atoms with Crippen molar-refractivity contribution >= 4 is 23.3 Å². The molecular formula is C24H26N4O2S. The molecule has 2 atom stereocenters. The predicted octanol–water partition coefficient (Wildman–Crippen LogP) is 4.11. The Morgan fingerprint density at radius 3 is 2.81 bits per heavy atom. The Morgan fingerprint density at radius 1 is 1.19 bits per heavy atom. The molecule has 0 bridgehead atoms. The first-order chi connectivity index (χ1) is 15.1. The minimum absolute atomic E-state index is 0.0597. The standard InChI is InChI=1S/C24H26N4O2S/c1-17-8-5-9-18(16-17)27-14-6-11-20(27)23-22(19-10-3-4-13-25-19)26-24(31)28(23)15-7-12-21(29)30-2/h3-6,8-11,13-14,16,22-23H,7,12,15H2,1-2H3,(H,26,31)/t22-,23-/m0/s1. The van der Waals surface area contributed by atoms with Crippen molar-refractivity contribution < 1.29 is 9.53 Å². The maximum atomic E-state index is 11.6. The molecule has 160 valence electrons. The van der Waals surface area contributed by atoms with E-state index in [4.69, 9.17) is 17.0 Å². The SMILES string of the molecule is COC(=O)CCCN1C(=S)N[C@@H](c2ccccn2)[C@@H]1c1cccn1-c1cccc(C)c1. The van der Waals surface area contributed by atoms with Crippen LogP contribution in [0.4, 0.5) is 0 Å². The lowest BCUT2D eigenvalue weighted by Crippen LogP contribution is -2.31. The molecule has 0 radical (unpaired) electrons. The summed E-state index contributed by atoms with van der Waals surface area (Å²) in [5, 5.41) is 4.14. The average Bonchev–Trinajstić information content (AvgIpc) is 3.39. The van der Waals surface area contributed by atoms with Crippen LogP contribution in [0.5, 0.6) is 0 Å². The molecule has 1 aromatic carbocycles. The van der Waals surface area contributed by atoms with Gasteiger partial charge in [0.05, 0.1) is 24.9 Å². The lowest BCUT2D eigenvalue weighted by Gasteiger charge is -2.29. The van der Waals surface area contributed by atoms with Crippen molar-refractivity contribution in [1.29, 1.82) is 0 Å². The number of hydrogen-bond donors (Lipinski definition) is 1. The van der Waals surface area contributed by atoms with Crippen LogP contribution < -0.4 is 5.32 Å².